The molecule has 0 saturated heterocycles. The second-order valence-electron chi connectivity index (χ2n) is 4.58. The molecule has 98 valence electrons. The van der Waals surface area contributed by atoms with E-state index >= 15 is 0 Å². The fourth-order valence-electron chi connectivity index (χ4n) is 1.69. The Hall–Kier alpha value is -1.68. The highest BCUT2D eigenvalue weighted by atomic mass is 79.9. The van der Waals surface area contributed by atoms with Crippen LogP contribution in [0.3, 0.4) is 0 Å². The lowest BCUT2D eigenvalue weighted by Crippen LogP contribution is -1.78. The average Bonchev–Trinajstić information content (AvgIpc) is 2.36. The molecule has 0 radical (unpaired) electrons. The highest BCUT2D eigenvalue weighted by molar-refractivity contribution is 9.10. The van der Waals surface area contributed by atoms with Crippen molar-refractivity contribution in [3.63, 3.8) is 0 Å². The Labute approximate surface area is 121 Å². The van der Waals surface area contributed by atoms with E-state index in [1.54, 1.807) is 6.07 Å². The quantitative estimate of drug-likeness (QED) is 0.730. The van der Waals surface area contributed by atoms with Gasteiger partial charge in [-0.05, 0) is 77.7 Å². The van der Waals surface area contributed by atoms with Crippen LogP contribution < -0.4 is 0 Å². The summed E-state index contributed by atoms with van der Waals surface area (Å²) in [5.41, 5.74) is 4.65. The fourth-order valence-corrected chi connectivity index (χ4v) is 2.26. The lowest BCUT2D eigenvalue weighted by Gasteiger charge is -2.03. The van der Waals surface area contributed by atoms with E-state index in [4.69, 9.17) is 0 Å². The van der Waals surface area contributed by atoms with Crippen molar-refractivity contribution in [1.82, 2.24) is 0 Å². The number of aromatic hydroxyl groups is 1. The minimum absolute atomic E-state index is 0.109. The van der Waals surface area contributed by atoms with Crippen LogP contribution in [0.15, 0.2) is 45.0 Å². The first-order chi connectivity index (χ1) is 8.97. The molecule has 19 heavy (non-hydrogen) atoms. The topological polar surface area (TPSA) is 45.0 Å². The lowest BCUT2D eigenvalue weighted by atomic mass is 10.1. The molecule has 0 amide bonds. The zero-order valence-electron chi connectivity index (χ0n) is 11.1. The van der Waals surface area contributed by atoms with E-state index in [2.05, 4.69) is 33.1 Å². The van der Waals surface area contributed by atoms with Crippen LogP contribution in [0.4, 0.5) is 11.4 Å². The highest BCUT2D eigenvalue weighted by Gasteiger charge is 2.05. The summed E-state index contributed by atoms with van der Waals surface area (Å²) < 4.78 is 0.626. The molecule has 0 saturated carbocycles. The molecular formula is C15H15BrN2O. The van der Waals surface area contributed by atoms with Gasteiger partial charge in [0.25, 0.3) is 0 Å². The number of phenols is 1. The van der Waals surface area contributed by atoms with E-state index in [-0.39, 0.29) is 5.75 Å². The standard InChI is InChI=1S/C15H15BrN2O/c1-9-6-13(16)15(19)14(7-9)18-17-12-5-4-10(2)11(3)8-12/h4-8,19H,1-3H3. The number of nitrogens with zero attached hydrogens (tertiary/aromatic N) is 2. The van der Waals surface area contributed by atoms with Crippen molar-refractivity contribution >= 4 is 27.3 Å². The van der Waals surface area contributed by atoms with Crippen LogP contribution in [0.2, 0.25) is 0 Å². The minimum atomic E-state index is 0.109. The predicted molar refractivity (Wildman–Crippen MR) is 80.6 cm³/mol. The molecule has 2 aromatic carbocycles. The maximum Gasteiger partial charge on any atom is 0.157 e. The second kappa shape index (κ2) is 5.53. The molecule has 3 nitrogen and oxygen atoms in total. The summed E-state index contributed by atoms with van der Waals surface area (Å²) in [5, 5.41) is 18.2. The maximum absolute atomic E-state index is 9.90. The van der Waals surface area contributed by atoms with E-state index in [1.807, 2.05) is 38.1 Å². The van der Waals surface area contributed by atoms with Crippen LogP contribution in [0.1, 0.15) is 16.7 Å². The molecule has 4 heteroatoms. The van der Waals surface area contributed by atoms with Crippen LogP contribution in [0, 0.1) is 20.8 Å². The molecule has 0 aromatic heterocycles. The van der Waals surface area contributed by atoms with Gasteiger partial charge in [-0.2, -0.15) is 5.11 Å². The first kappa shape index (κ1) is 13.7. The van der Waals surface area contributed by atoms with Gasteiger partial charge >= 0.3 is 0 Å². The summed E-state index contributed by atoms with van der Waals surface area (Å²) in [7, 11) is 0. The first-order valence-corrected chi connectivity index (χ1v) is 6.75. The molecule has 1 N–H and O–H groups in total. The third kappa shape index (κ3) is 3.20. The fraction of sp³-hybridized carbons (Fsp3) is 0.200. The van der Waals surface area contributed by atoms with Gasteiger partial charge < -0.3 is 5.11 Å². The largest absolute Gasteiger partial charge is 0.505 e. The average molecular weight is 319 g/mol. The van der Waals surface area contributed by atoms with E-state index in [0.29, 0.717) is 10.2 Å². The van der Waals surface area contributed by atoms with Crippen molar-refractivity contribution in [3.8, 4) is 5.75 Å². The number of hydrogen-bond acceptors (Lipinski definition) is 3. The van der Waals surface area contributed by atoms with E-state index in [0.717, 1.165) is 11.3 Å². The van der Waals surface area contributed by atoms with Gasteiger partial charge in [0.05, 0.1) is 10.2 Å². The van der Waals surface area contributed by atoms with Gasteiger partial charge in [0.15, 0.2) is 5.75 Å². The Morgan fingerprint density at radius 2 is 1.68 bits per heavy atom. The molecule has 0 aliphatic carbocycles. The van der Waals surface area contributed by atoms with E-state index < -0.39 is 0 Å². The first-order valence-electron chi connectivity index (χ1n) is 5.95. The molecular weight excluding hydrogens is 304 g/mol. The Kier molecular flexibility index (Phi) is 4.00. The molecule has 0 spiro atoms. The smallest absolute Gasteiger partial charge is 0.157 e. The molecule has 0 aliphatic rings. The SMILES string of the molecule is Cc1cc(Br)c(O)c(N=Nc2ccc(C)c(C)c2)c1. The van der Waals surface area contributed by atoms with Crippen LogP contribution in [-0.4, -0.2) is 5.11 Å². The van der Waals surface area contributed by atoms with Crippen molar-refractivity contribution < 1.29 is 5.11 Å². The lowest BCUT2D eigenvalue weighted by molar-refractivity contribution is 0.473. The summed E-state index contributed by atoms with van der Waals surface area (Å²) in [6.45, 7) is 6.04. The number of aryl methyl sites for hydroxylation is 3. The van der Waals surface area contributed by atoms with Crippen molar-refractivity contribution in [3.05, 3.63) is 51.5 Å². The van der Waals surface area contributed by atoms with Gasteiger partial charge in [-0.1, -0.05) is 6.07 Å². The van der Waals surface area contributed by atoms with Crippen LogP contribution in [0.5, 0.6) is 5.75 Å². The number of azo groups is 1. The molecule has 2 aromatic rings. The maximum atomic E-state index is 9.90. The van der Waals surface area contributed by atoms with E-state index in [9.17, 15) is 5.11 Å². The third-order valence-corrected chi connectivity index (χ3v) is 3.56. The van der Waals surface area contributed by atoms with Crippen molar-refractivity contribution in [2.75, 3.05) is 0 Å². The molecule has 2 rings (SSSR count). The Bertz CT molecular complexity index is 651. The Balaban J connectivity index is 2.35. The third-order valence-electron chi connectivity index (χ3n) is 2.95. The molecule has 0 bridgehead atoms. The van der Waals surface area contributed by atoms with Crippen LogP contribution in [-0.2, 0) is 0 Å². The van der Waals surface area contributed by atoms with Gasteiger partial charge in [0.1, 0.15) is 5.69 Å². The van der Waals surface area contributed by atoms with Gasteiger partial charge in [-0.15, -0.1) is 5.11 Å². The van der Waals surface area contributed by atoms with Crippen LogP contribution in [0.25, 0.3) is 0 Å². The Morgan fingerprint density at radius 1 is 0.947 bits per heavy atom. The van der Waals surface area contributed by atoms with Crippen LogP contribution >= 0.6 is 15.9 Å². The van der Waals surface area contributed by atoms with Crippen molar-refractivity contribution in [1.29, 1.82) is 0 Å². The number of rotatable bonds is 2. The summed E-state index contributed by atoms with van der Waals surface area (Å²) in [6, 6.07) is 9.53. The normalized spacial score (nSPS) is 11.2. The van der Waals surface area contributed by atoms with Gasteiger partial charge in [-0.3, -0.25) is 0 Å². The summed E-state index contributed by atoms with van der Waals surface area (Å²) in [6.07, 6.45) is 0. The van der Waals surface area contributed by atoms with Crippen molar-refractivity contribution in [2.24, 2.45) is 10.2 Å². The number of benzene rings is 2. The number of halogens is 1. The summed E-state index contributed by atoms with van der Waals surface area (Å²) in [4.78, 5) is 0. The van der Waals surface area contributed by atoms with Gasteiger partial charge in [0, 0.05) is 0 Å². The second-order valence-corrected chi connectivity index (χ2v) is 5.44. The Morgan fingerprint density at radius 3 is 2.37 bits per heavy atom. The summed E-state index contributed by atoms with van der Waals surface area (Å²) >= 11 is 3.29. The van der Waals surface area contributed by atoms with Gasteiger partial charge in [-0.25, -0.2) is 0 Å². The summed E-state index contributed by atoms with van der Waals surface area (Å²) in [5.74, 6) is 0.109. The monoisotopic (exact) mass is 318 g/mol. The molecule has 0 fully saturated rings. The van der Waals surface area contributed by atoms with E-state index in [1.165, 1.54) is 11.1 Å². The molecule has 0 aliphatic heterocycles. The van der Waals surface area contributed by atoms with Gasteiger partial charge in [0.2, 0.25) is 0 Å². The molecule has 0 atom stereocenters. The minimum Gasteiger partial charge on any atom is -0.505 e. The molecule has 0 heterocycles. The number of phenolic OH excluding ortho intramolecular Hbond substituents is 1. The molecule has 0 unspecified atom stereocenters. The highest BCUT2D eigenvalue weighted by Crippen LogP contribution is 2.36. The number of hydrogen-bond donors (Lipinski definition) is 1. The zero-order valence-corrected chi connectivity index (χ0v) is 12.7. The predicted octanol–water partition coefficient (Wildman–Crippen LogP) is 5.50. The van der Waals surface area contributed by atoms with Crippen molar-refractivity contribution in [2.45, 2.75) is 20.8 Å². The zero-order chi connectivity index (χ0) is 14.0.